The van der Waals surface area contributed by atoms with E-state index in [0.717, 1.165) is 0 Å². The molecular formula is C8H16LiN. The molecule has 0 saturated carbocycles. The molecule has 0 N–H and O–H groups in total. The number of hydrogen-bond donors (Lipinski definition) is 0. The average Bonchev–Trinajstić information content (AvgIpc) is 1.59. The molecule has 0 aliphatic heterocycles. The van der Waals surface area contributed by atoms with Gasteiger partial charge in [0.1, 0.15) is 0 Å². The summed E-state index contributed by atoms with van der Waals surface area (Å²) in [5.41, 5.74) is 0.0459. The third-order valence-electron chi connectivity index (χ3n) is 0.658. The predicted octanol–water partition coefficient (Wildman–Crippen LogP) is -0.607. The summed E-state index contributed by atoms with van der Waals surface area (Å²) in [6, 6.07) is 0. The van der Waals surface area contributed by atoms with Crippen LogP contribution in [0.15, 0.2) is 4.99 Å². The van der Waals surface area contributed by atoms with Gasteiger partial charge in [0.15, 0.2) is 0 Å². The van der Waals surface area contributed by atoms with Crippen molar-refractivity contribution in [1.82, 2.24) is 0 Å². The topological polar surface area (TPSA) is 12.4 Å². The van der Waals surface area contributed by atoms with Crippen molar-refractivity contribution in [3.05, 3.63) is 0 Å². The Hall–Kier alpha value is 0.267. The summed E-state index contributed by atoms with van der Waals surface area (Å²) in [6.45, 7) is 10.4. The molecule has 0 heterocycles. The third kappa shape index (κ3) is 11.1. The van der Waals surface area contributed by atoms with Gasteiger partial charge in [0.2, 0.25) is 0 Å². The van der Waals surface area contributed by atoms with Crippen LogP contribution in [-0.4, -0.2) is 11.8 Å². The Labute approximate surface area is 76.5 Å². The Morgan fingerprint density at radius 3 is 1.70 bits per heavy atom. The molecule has 0 aliphatic rings. The van der Waals surface area contributed by atoms with E-state index in [-0.39, 0.29) is 24.4 Å². The van der Waals surface area contributed by atoms with E-state index in [1.807, 2.05) is 0 Å². The standard InChI is InChI=1S/C8H16N.Li/c1-7(2)6-9-8(3,4)5;/h7H,1-5H3;/q-1;+1. The molecule has 0 bridgehead atoms. The number of aliphatic imine (C=N–C) groups is 1. The Balaban J connectivity index is 0. The van der Waals surface area contributed by atoms with Crippen molar-refractivity contribution >= 4 is 6.21 Å². The minimum atomic E-state index is 0. The van der Waals surface area contributed by atoms with Gasteiger partial charge in [-0.25, -0.2) is 0 Å². The molecule has 0 rings (SSSR count). The number of hydrogen-bond acceptors (Lipinski definition) is 1. The molecule has 0 spiro atoms. The van der Waals surface area contributed by atoms with Crippen LogP contribution in [0, 0.1) is 5.92 Å². The molecular weight excluding hydrogens is 117 g/mol. The van der Waals surface area contributed by atoms with Gasteiger partial charge in [0, 0.05) is 5.54 Å². The van der Waals surface area contributed by atoms with E-state index < -0.39 is 0 Å². The van der Waals surface area contributed by atoms with Gasteiger partial charge in [-0.05, 0) is 20.8 Å². The van der Waals surface area contributed by atoms with Gasteiger partial charge in [0.05, 0.1) is 0 Å². The van der Waals surface area contributed by atoms with Crippen LogP contribution < -0.4 is 18.9 Å². The van der Waals surface area contributed by atoms with E-state index in [1.165, 1.54) is 0 Å². The second-order valence-electron chi connectivity index (χ2n) is 3.57. The molecule has 10 heavy (non-hydrogen) atoms. The first-order valence-corrected chi connectivity index (χ1v) is 3.39. The maximum Gasteiger partial charge on any atom is 1.00 e. The maximum atomic E-state index is 4.21. The van der Waals surface area contributed by atoms with Crippen molar-refractivity contribution in [1.29, 1.82) is 0 Å². The summed E-state index contributed by atoms with van der Waals surface area (Å²) in [6.07, 6.45) is 3.01. The third-order valence-corrected chi connectivity index (χ3v) is 0.658. The summed E-state index contributed by atoms with van der Waals surface area (Å²) in [7, 11) is 0. The molecule has 0 aromatic carbocycles. The molecule has 2 heteroatoms. The smallest absolute Gasteiger partial charge is 0.498 e. The van der Waals surface area contributed by atoms with E-state index in [9.17, 15) is 0 Å². The van der Waals surface area contributed by atoms with Crippen molar-refractivity contribution in [3.63, 3.8) is 0 Å². The van der Waals surface area contributed by atoms with Crippen molar-refractivity contribution in [2.24, 2.45) is 10.9 Å². The summed E-state index contributed by atoms with van der Waals surface area (Å²) in [4.78, 5) is 4.21. The average molecular weight is 133 g/mol. The molecule has 0 aromatic rings. The zero-order valence-electron chi connectivity index (χ0n) is 8.02. The van der Waals surface area contributed by atoms with Crippen LogP contribution in [-0.2, 0) is 0 Å². The quantitative estimate of drug-likeness (QED) is 0.257. The molecule has 0 atom stereocenters. The largest absolute Gasteiger partial charge is 1.00 e. The van der Waals surface area contributed by atoms with Crippen LogP contribution in [0.2, 0.25) is 0 Å². The predicted molar refractivity (Wildman–Crippen MR) is 42.0 cm³/mol. The minimum Gasteiger partial charge on any atom is -0.498 e. The minimum absolute atomic E-state index is 0. The van der Waals surface area contributed by atoms with Crippen molar-refractivity contribution in [2.45, 2.75) is 40.2 Å². The Kier molecular flexibility index (Phi) is 6.44. The van der Waals surface area contributed by atoms with Gasteiger partial charge in [-0.2, -0.15) is 5.92 Å². The molecule has 0 aromatic heterocycles. The maximum absolute atomic E-state index is 4.21. The van der Waals surface area contributed by atoms with Crippen LogP contribution in [0.4, 0.5) is 0 Å². The fourth-order valence-corrected chi connectivity index (χ4v) is 0.323. The zero-order chi connectivity index (χ0) is 7.49. The Bertz CT molecular complexity index is 100. The van der Waals surface area contributed by atoms with E-state index in [1.54, 1.807) is 0 Å². The van der Waals surface area contributed by atoms with Gasteiger partial charge < -0.3 is 11.2 Å². The first kappa shape index (κ1) is 12.9. The summed E-state index contributed by atoms with van der Waals surface area (Å²) in [5.74, 6) is 0.448. The van der Waals surface area contributed by atoms with E-state index in [2.05, 4.69) is 45.8 Å². The monoisotopic (exact) mass is 133 g/mol. The Morgan fingerprint density at radius 1 is 1.20 bits per heavy atom. The number of rotatable bonds is 1. The van der Waals surface area contributed by atoms with Crippen LogP contribution in [0.25, 0.3) is 0 Å². The van der Waals surface area contributed by atoms with Gasteiger partial charge in [0.25, 0.3) is 0 Å². The van der Waals surface area contributed by atoms with Crippen molar-refractivity contribution < 1.29 is 18.9 Å². The SMILES string of the molecule is CC(C)[C-]=NC(C)(C)C.[Li+]. The van der Waals surface area contributed by atoms with Crippen LogP contribution in [0.5, 0.6) is 0 Å². The fourth-order valence-electron chi connectivity index (χ4n) is 0.323. The molecule has 0 unspecified atom stereocenters. The summed E-state index contributed by atoms with van der Waals surface area (Å²) >= 11 is 0. The summed E-state index contributed by atoms with van der Waals surface area (Å²) in [5, 5.41) is 0. The van der Waals surface area contributed by atoms with Crippen molar-refractivity contribution in [2.75, 3.05) is 0 Å². The van der Waals surface area contributed by atoms with E-state index >= 15 is 0 Å². The second-order valence-corrected chi connectivity index (χ2v) is 3.57. The van der Waals surface area contributed by atoms with E-state index in [4.69, 9.17) is 0 Å². The van der Waals surface area contributed by atoms with Gasteiger partial charge in [-0.3, -0.25) is 0 Å². The van der Waals surface area contributed by atoms with Crippen LogP contribution >= 0.6 is 0 Å². The zero-order valence-corrected chi connectivity index (χ0v) is 8.02. The fraction of sp³-hybridized carbons (Fsp3) is 0.875. The molecule has 0 saturated heterocycles. The van der Waals surface area contributed by atoms with Crippen molar-refractivity contribution in [3.8, 4) is 0 Å². The molecule has 0 radical (unpaired) electrons. The van der Waals surface area contributed by atoms with Gasteiger partial charge >= 0.3 is 18.9 Å². The first-order chi connectivity index (χ1) is 3.92. The normalized spacial score (nSPS) is 12.2. The van der Waals surface area contributed by atoms with Gasteiger partial charge in [-0.15, -0.1) is 0 Å². The first-order valence-electron chi connectivity index (χ1n) is 3.39. The number of nitrogens with zero attached hydrogens (tertiary/aromatic N) is 1. The van der Waals surface area contributed by atoms with E-state index in [0.29, 0.717) is 5.92 Å². The second kappa shape index (κ2) is 4.99. The Morgan fingerprint density at radius 2 is 1.60 bits per heavy atom. The molecule has 54 valence electrons. The molecule has 0 amide bonds. The van der Waals surface area contributed by atoms with Crippen LogP contribution in [0.3, 0.4) is 0 Å². The molecule has 0 fully saturated rings. The summed E-state index contributed by atoms with van der Waals surface area (Å²) < 4.78 is 0. The molecule has 0 aliphatic carbocycles. The van der Waals surface area contributed by atoms with Gasteiger partial charge in [-0.1, -0.05) is 13.8 Å². The molecule has 1 nitrogen and oxygen atoms in total. The van der Waals surface area contributed by atoms with Crippen LogP contribution in [0.1, 0.15) is 34.6 Å².